The van der Waals surface area contributed by atoms with Gasteiger partial charge >= 0.3 is 0 Å². The molecular formula is C8H14N2O2. The van der Waals surface area contributed by atoms with E-state index < -0.39 is 11.8 Å². The third-order valence-electron chi connectivity index (χ3n) is 0.752. The molecule has 0 atom stereocenters. The minimum atomic E-state index is -0.435. The van der Waals surface area contributed by atoms with E-state index in [1.54, 1.807) is 19.9 Å². The molecule has 4 N–H and O–H groups in total. The summed E-state index contributed by atoms with van der Waals surface area (Å²) in [6.07, 6.45) is 2.91. The van der Waals surface area contributed by atoms with Crippen molar-refractivity contribution < 1.29 is 9.59 Å². The van der Waals surface area contributed by atoms with Crippen molar-refractivity contribution in [3.63, 3.8) is 0 Å². The van der Waals surface area contributed by atoms with Gasteiger partial charge in [-0.3, -0.25) is 9.59 Å². The molecule has 2 amide bonds. The molecule has 0 unspecified atom stereocenters. The minimum absolute atomic E-state index is 0.391. The van der Waals surface area contributed by atoms with Crippen LogP contribution in [-0.4, -0.2) is 11.8 Å². The molecule has 0 radical (unpaired) electrons. The summed E-state index contributed by atoms with van der Waals surface area (Å²) in [5.74, 6) is -0.826. The maximum atomic E-state index is 9.82. The fourth-order valence-corrected chi connectivity index (χ4v) is 0.164. The Hall–Kier alpha value is -1.58. The summed E-state index contributed by atoms with van der Waals surface area (Å²) in [5.41, 5.74) is 9.77. The second-order valence-electron chi connectivity index (χ2n) is 2.05. The normalized spacial score (nSPS) is 8.50. The summed E-state index contributed by atoms with van der Waals surface area (Å²) in [5, 5.41) is 0. The van der Waals surface area contributed by atoms with Crippen LogP contribution in [0.4, 0.5) is 0 Å². The van der Waals surface area contributed by atoms with Gasteiger partial charge in [-0.1, -0.05) is 12.7 Å². The number of allylic oxidation sites excluding steroid dienone is 1. The van der Waals surface area contributed by atoms with Crippen LogP contribution in [0.1, 0.15) is 13.8 Å². The van der Waals surface area contributed by atoms with E-state index in [1.807, 2.05) is 0 Å². The number of primary amides is 2. The van der Waals surface area contributed by atoms with Gasteiger partial charge in [0.25, 0.3) is 0 Å². The van der Waals surface area contributed by atoms with Crippen LogP contribution in [0, 0.1) is 0 Å². The Kier molecular flexibility index (Phi) is 8.18. The molecule has 0 fully saturated rings. The van der Waals surface area contributed by atoms with Gasteiger partial charge in [0.2, 0.25) is 11.8 Å². The van der Waals surface area contributed by atoms with Crippen molar-refractivity contribution in [2.75, 3.05) is 0 Å². The average molecular weight is 170 g/mol. The number of hydrogen-bond acceptors (Lipinski definition) is 2. The van der Waals surface area contributed by atoms with Crippen molar-refractivity contribution in [3.05, 3.63) is 24.3 Å². The molecule has 4 heteroatoms. The highest BCUT2D eigenvalue weighted by atomic mass is 16.1. The van der Waals surface area contributed by atoms with Crippen LogP contribution >= 0.6 is 0 Å². The number of carbonyl (C=O) groups excluding carboxylic acids is 2. The molecule has 68 valence electrons. The lowest BCUT2D eigenvalue weighted by Crippen LogP contribution is -2.10. The van der Waals surface area contributed by atoms with Gasteiger partial charge in [-0.2, -0.15) is 0 Å². The summed E-state index contributed by atoms with van der Waals surface area (Å²) in [6, 6.07) is 0. The second kappa shape index (κ2) is 7.53. The van der Waals surface area contributed by atoms with Crippen molar-refractivity contribution in [1.29, 1.82) is 0 Å². The maximum Gasteiger partial charge on any atom is 0.243 e. The summed E-state index contributed by atoms with van der Waals surface area (Å²) in [4.78, 5) is 19.6. The van der Waals surface area contributed by atoms with Gasteiger partial charge in [0, 0.05) is 5.57 Å². The molecule has 0 aromatic rings. The first kappa shape index (κ1) is 13.0. The molecular weight excluding hydrogens is 156 g/mol. The lowest BCUT2D eigenvalue weighted by atomic mass is 10.3. The highest BCUT2D eigenvalue weighted by Gasteiger charge is 1.86. The van der Waals surface area contributed by atoms with Crippen LogP contribution in [0.15, 0.2) is 24.3 Å². The van der Waals surface area contributed by atoms with E-state index in [0.29, 0.717) is 5.57 Å². The average Bonchev–Trinajstić information content (AvgIpc) is 1.87. The Morgan fingerprint density at radius 2 is 1.67 bits per heavy atom. The van der Waals surface area contributed by atoms with Crippen LogP contribution in [0.2, 0.25) is 0 Å². The van der Waals surface area contributed by atoms with Gasteiger partial charge in [0.15, 0.2) is 0 Å². The number of nitrogens with two attached hydrogens (primary N) is 2. The summed E-state index contributed by atoms with van der Waals surface area (Å²) < 4.78 is 0. The monoisotopic (exact) mass is 170 g/mol. The first-order chi connectivity index (χ1) is 5.41. The lowest BCUT2D eigenvalue weighted by molar-refractivity contribution is -0.115. The van der Waals surface area contributed by atoms with Gasteiger partial charge in [0.05, 0.1) is 0 Å². The molecule has 0 saturated carbocycles. The van der Waals surface area contributed by atoms with Gasteiger partial charge < -0.3 is 11.5 Å². The largest absolute Gasteiger partial charge is 0.366 e. The fourth-order valence-electron chi connectivity index (χ4n) is 0.164. The van der Waals surface area contributed by atoms with E-state index in [9.17, 15) is 9.59 Å². The first-order valence-corrected chi connectivity index (χ1v) is 3.29. The third-order valence-corrected chi connectivity index (χ3v) is 0.752. The highest BCUT2D eigenvalue weighted by molar-refractivity contribution is 5.90. The molecule has 0 aliphatic heterocycles. The standard InChI is InChI=1S/2C4H7NO/c1-3(2)4(5)6;1-2-3-4(5)6/h1H2,2H3,(H2,5,6);2-3H,1H3,(H2,5,6)/b;3-2+. The van der Waals surface area contributed by atoms with Crippen molar-refractivity contribution in [2.45, 2.75) is 13.8 Å². The van der Waals surface area contributed by atoms with E-state index in [2.05, 4.69) is 12.3 Å². The van der Waals surface area contributed by atoms with E-state index in [0.717, 1.165) is 0 Å². The van der Waals surface area contributed by atoms with Crippen LogP contribution < -0.4 is 11.5 Å². The Bertz CT molecular complexity index is 195. The van der Waals surface area contributed by atoms with Gasteiger partial charge in [-0.05, 0) is 19.9 Å². The van der Waals surface area contributed by atoms with Gasteiger partial charge in [-0.25, -0.2) is 0 Å². The zero-order valence-corrected chi connectivity index (χ0v) is 7.33. The fraction of sp³-hybridized carbons (Fsp3) is 0.250. The number of carbonyl (C=O) groups is 2. The number of amides is 2. The van der Waals surface area contributed by atoms with Crippen molar-refractivity contribution in [1.82, 2.24) is 0 Å². The zero-order chi connectivity index (χ0) is 10.1. The van der Waals surface area contributed by atoms with E-state index in [-0.39, 0.29) is 0 Å². The molecule has 0 spiro atoms. The SMILES string of the molecule is C/C=C/C(N)=O.C=C(C)C(N)=O. The molecule has 12 heavy (non-hydrogen) atoms. The van der Waals surface area contributed by atoms with Crippen LogP contribution in [0.25, 0.3) is 0 Å². The Morgan fingerprint density at radius 1 is 1.33 bits per heavy atom. The molecule has 4 nitrogen and oxygen atoms in total. The number of hydrogen-bond donors (Lipinski definition) is 2. The predicted molar refractivity (Wildman–Crippen MR) is 48.0 cm³/mol. The van der Waals surface area contributed by atoms with Crippen LogP contribution in [0.3, 0.4) is 0 Å². The summed E-state index contributed by atoms with van der Waals surface area (Å²) in [6.45, 7) is 6.59. The minimum Gasteiger partial charge on any atom is -0.366 e. The Balaban J connectivity index is 0. The van der Waals surface area contributed by atoms with E-state index >= 15 is 0 Å². The molecule has 0 saturated heterocycles. The third kappa shape index (κ3) is 15.8. The second-order valence-corrected chi connectivity index (χ2v) is 2.05. The molecule has 0 aliphatic carbocycles. The molecule has 0 aliphatic rings. The molecule has 0 aromatic carbocycles. The lowest BCUT2D eigenvalue weighted by Gasteiger charge is -1.81. The van der Waals surface area contributed by atoms with Crippen LogP contribution in [0.5, 0.6) is 0 Å². The Morgan fingerprint density at radius 3 is 1.67 bits per heavy atom. The van der Waals surface area contributed by atoms with E-state index in [4.69, 9.17) is 5.73 Å². The molecule has 0 heterocycles. The summed E-state index contributed by atoms with van der Waals surface area (Å²) in [7, 11) is 0. The first-order valence-electron chi connectivity index (χ1n) is 3.29. The topological polar surface area (TPSA) is 86.2 Å². The van der Waals surface area contributed by atoms with Gasteiger partial charge in [-0.15, -0.1) is 0 Å². The molecule has 0 rings (SSSR count). The molecule has 0 aromatic heterocycles. The predicted octanol–water partition coefficient (Wildman–Crippen LogP) is 0.0956. The van der Waals surface area contributed by atoms with Crippen LogP contribution in [-0.2, 0) is 9.59 Å². The van der Waals surface area contributed by atoms with Crippen molar-refractivity contribution in [2.24, 2.45) is 11.5 Å². The smallest absolute Gasteiger partial charge is 0.243 e. The van der Waals surface area contributed by atoms with E-state index in [1.165, 1.54) is 6.08 Å². The molecule has 0 bridgehead atoms. The van der Waals surface area contributed by atoms with Crippen molar-refractivity contribution >= 4 is 11.8 Å². The highest BCUT2D eigenvalue weighted by Crippen LogP contribution is 1.78. The maximum absolute atomic E-state index is 9.82. The summed E-state index contributed by atoms with van der Waals surface area (Å²) >= 11 is 0. The number of rotatable bonds is 2. The quantitative estimate of drug-likeness (QED) is 0.575. The van der Waals surface area contributed by atoms with Crippen molar-refractivity contribution in [3.8, 4) is 0 Å². The zero-order valence-electron chi connectivity index (χ0n) is 7.33. The Labute approximate surface area is 71.9 Å². The van der Waals surface area contributed by atoms with Gasteiger partial charge in [0.1, 0.15) is 0 Å².